The number of thioether (sulfide) groups is 1. The number of carbonyl (C=O) groups excluding carboxylic acids is 1. The summed E-state index contributed by atoms with van der Waals surface area (Å²) in [6, 6.07) is 7.94. The molecule has 1 saturated heterocycles. The number of hydrogen-bond acceptors (Lipinski definition) is 4. The van der Waals surface area contributed by atoms with Crippen molar-refractivity contribution in [2.75, 3.05) is 25.4 Å². The Morgan fingerprint density at radius 3 is 2.86 bits per heavy atom. The van der Waals surface area contributed by atoms with E-state index in [1.54, 1.807) is 0 Å². The van der Waals surface area contributed by atoms with Crippen LogP contribution in [0.15, 0.2) is 29.4 Å². The molecule has 4 nitrogen and oxygen atoms in total. The van der Waals surface area contributed by atoms with Crippen molar-refractivity contribution in [3.8, 4) is 0 Å². The number of nitrogens with zero attached hydrogens (tertiary/aromatic N) is 2. The quantitative estimate of drug-likeness (QED) is 0.833. The zero-order chi connectivity index (χ0) is 14.5. The zero-order valence-corrected chi connectivity index (χ0v) is 13.0. The third-order valence-corrected chi connectivity index (χ3v) is 4.83. The standard InChI is InChI=1S/C16H21N3OS/c20-13(8-11-19-9-4-1-5-10-19)12-21-16-17-14-6-2-3-7-15(14)18-16/h2-3,6-7H,1,4-5,8-12H2,(H,17,18). The number of rotatable bonds is 6. The minimum absolute atomic E-state index is 0.311. The van der Waals surface area contributed by atoms with Gasteiger partial charge in [-0.2, -0.15) is 0 Å². The molecule has 1 aromatic heterocycles. The third kappa shape index (κ3) is 4.08. The van der Waals surface area contributed by atoms with Crippen LogP contribution in [0.5, 0.6) is 0 Å². The molecule has 0 saturated carbocycles. The van der Waals surface area contributed by atoms with E-state index in [2.05, 4.69) is 14.9 Å². The third-order valence-electron chi connectivity index (χ3n) is 3.89. The van der Waals surface area contributed by atoms with Crippen molar-refractivity contribution in [2.45, 2.75) is 30.8 Å². The summed E-state index contributed by atoms with van der Waals surface area (Å²) in [5, 5.41) is 0.836. The molecule has 2 aromatic rings. The number of piperidine rings is 1. The summed E-state index contributed by atoms with van der Waals surface area (Å²) in [5.74, 6) is 0.819. The van der Waals surface area contributed by atoms with Crippen LogP contribution in [0.1, 0.15) is 25.7 Å². The topological polar surface area (TPSA) is 49.0 Å². The molecule has 1 fully saturated rings. The van der Waals surface area contributed by atoms with Gasteiger partial charge >= 0.3 is 0 Å². The largest absolute Gasteiger partial charge is 0.333 e. The number of likely N-dealkylation sites (tertiary alicyclic amines) is 1. The summed E-state index contributed by atoms with van der Waals surface area (Å²) in [6.45, 7) is 3.23. The van der Waals surface area contributed by atoms with E-state index in [9.17, 15) is 4.79 Å². The van der Waals surface area contributed by atoms with Gasteiger partial charge in [0.25, 0.3) is 0 Å². The smallest absolute Gasteiger partial charge is 0.166 e. The van der Waals surface area contributed by atoms with Gasteiger partial charge in [0.1, 0.15) is 5.78 Å². The molecule has 0 unspecified atom stereocenters. The second-order valence-electron chi connectivity index (χ2n) is 5.54. The molecule has 1 aliphatic rings. The van der Waals surface area contributed by atoms with Crippen LogP contribution in [-0.2, 0) is 4.79 Å². The molecule has 2 heterocycles. The maximum atomic E-state index is 12.0. The lowest BCUT2D eigenvalue weighted by atomic mass is 10.1. The van der Waals surface area contributed by atoms with Crippen LogP contribution in [0.4, 0.5) is 0 Å². The van der Waals surface area contributed by atoms with Crippen LogP contribution in [0.25, 0.3) is 11.0 Å². The van der Waals surface area contributed by atoms with Gasteiger partial charge in [0.15, 0.2) is 5.16 Å². The number of Topliss-reactive ketones (excluding diaryl/α,β-unsaturated/α-hetero) is 1. The number of para-hydroxylation sites is 2. The van der Waals surface area contributed by atoms with Crippen LogP contribution in [-0.4, -0.2) is 46.0 Å². The van der Waals surface area contributed by atoms with Crippen molar-refractivity contribution in [3.05, 3.63) is 24.3 Å². The molecule has 0 spiro atoms. The molecule has 21 heavy (non-hydrogen) atoms. The zero-order valence-electron chi connectivity index (χ0n) is 12.2. The van der Waals surface area contributed by atoms with Crippen molar-refractivity contribution in [1.29, 1.82) is 0 Å². The van der Waals surface area contributed by atoms with Gasteiger partial charge in [-0.05, 0) is 38.1 Å². The first-order valence-corrected chi connectivity index (χ1v) is 8.61. The highest BCUT2D eigenvalue weighted by Gasteiger charge is 2.12. The minimum atomic E-state index is 0.311. The van der Waals surface area contributed by atoms with Crippen molar-refractivity contribution in [1.82, 2.24) is 14.9 Å². The number of ketones is 1. The number of benzene rings is 1. The average Bonchev–Trinajstić information content (AvgIpc) is 2.95. The number of H-pyrrole nitrogens is 1. The van der Waals surface area contributed by atoms with Crippen LogP contribution >= 0.6 is 11.8 Å². The highest BCUT2D eigenvalue weighted by Crippen LogP contribution is 2.19. The van der Waals surface area contributed by atoms with E-state index in [1.807, 2.05) is 24.3 Å². The number of carbonyl (C=O) groups is 1. The predicted molar refractivity (Wildman–Crippen MR) is 86.7 cm³/mol. The Labute approximate surface area is 129 Å². The number of aromatic amines is 1. The lowest BCUT2D eigenvalue weighted by Crippen LogP contribution is -2.31. The van der Waals surface area contributed by atoms with Crippen molar-refractivity contribution >= 4 is 28.6 Å². The molecule has 1 aliphatic heterocycles. The highest BCUT2D eigenvalue weighted by atomic mass is 32.2. The molecule has 0 amide bonds. The Balaban J connectivity index is 1.44. The predicted octanol–water partition coefficient (Wildman–Crippen LogP) is 3.10. The normalized spacial score (nSPS) is 16.4. The maximum Gasteiger partial charge on any atom is 0.166 e. The van der Waals surface area contributed by atoms with Crippen LogP contribution in [0.3, 0.4) is 0 Å². The molecule has 5 heteroatoms. The summed E-state index contributed by atoms with van der Waals surface area (Å²) in [5.41, 5.74) is 1.99. The van der Waals surface area contributed by atoms with E-state index >= 15 is 0 Å². The Morgan fingerprint density at radius 1 is 1.24 bits per heavy atom. The van der Waals surface area contributed by atoms with E-state index in [-0.39, 0.29) is 0 Å². The monoisotopic (exact) mass is 303 g/mol. The number of aromatic nitrogens is 2. The second kappa shape index (κ2) is 7.09. The summed E-state index contributed by atoms with van der Waals surface area (Å²) < 4.78 is 0. The molecular weight excluding hydrogens is 282 g/mol. The van der Waals surface area contributed by atoms with Crippen LogP contribution in [0.2, 0.25) is 0 Å². The van der Waals surface area contributed by atoms with Crippen LogP contribution < -0.4 is 0 Å². The number of nitrogens with one attached hydrogen (secondary N) is 1. The fourth-order valence-corrected chi connectivity index (χ4v) is 3.47. The Hall–Kier alpha value is -1.33. The number of fused-ring (bicyclic) bond motifs is 1. The Morgan fingerprint density at radius 2 is 2.05 bits per heavy atom. The molecule has 3 rings (SSSR count). The lowest BCUT2D eigenvalue weighted by molar-refractivity contribution is -0.117. The van der Waals surface area contributed by atoms with Crippen molar-refractivity contribution < 1.29 is 4.79 Å². The van der Waals surface area contributed by atoms with Gasteiger partial charge in [-0.15, -0.1) is 0 Å². The maximum absolute atomic E-state index is 12.0. The van der Waals surface area contributed by atoms with Gasteiger partial charge in [-0.3, -0.25) is 4.79 Å². The molecule has 112 valence electrons. The summed E-state index contributed by atoms with van der Waals surface area (Å²) in [4.78, 5) is 22.1. The minimum Gasteiger partial charge on any atom is -0.333 e. The van der Waals surface area contributed by atoms with E-state index in [0.717, 1.165) is 35.8 Å². The molecule has 0 bridgehead atoms. The van der Waals surface area contributed by atoms with Gasteiger partial charge in [-0.1, -0.05) is 30.3 Å². The molecule has 0 radical (unpaired) electrons. The van der Waals surface area contributed by atoms with Gasteiger partial charge in [0, 0.05) is 13.0 Å². The van der Waals surface area contributed by atoms with E-state index in [0.29, 0.717) is 18.0 Å². The lowest BCUT2D eigenvalue weighted by Gasteiger charge is -2.25. The summed E-state index contributed by atoms with van der Waals surface area (Å²) in [7, 11) is 0. The fraction of sp³-hybridized carbons (Fsp3) is 0.500. The molecule has 0 aliphatic carbocycles. The first-order valence-electron chi connectivity index (χ1n) is 7.63. The van der Waals surface area contributed by atoms with Crippen LogP contribution in [0, 0.1) is 0 Å². The van der Waals surface area contributed by atoms with Gasteiger partial charge in [0.05, 0.1) is 16.8 Å². The van der Waals surface area contributed by atoms with Gasteiger partial charge in [0.2, 0.25) is 0 Å². The molecule has 1 N–H and O–H groups in total. The summed E-state index contributed by atoms with van der Waals surface area (Å²) in [6.07, 6.45) is 4.56. The van der Waals surface area contributed by atoms with Crippen molar-refractivity contribution in [3.63, 3.8) is 0 Å². The average molecular weight is 303 g/mol. The SMILES string of the molecule is O=C(CCN1CCCCC1)CSc1nc2ccccc2[nH]1. The second-order valence-corrected chi connectivity index (χ2v) is 6.50. The molecule has 1 aromatic carbocycles. The van der Waals surface area contributed by atoms with Gasteiger partial charge < -0.3 is 9.88 Å². The molecular formula is C16H21N3OS. The molecule has 0 atom stereocenters. The first-order chi connectivity index (χ1) is 10.3. The number of imidazole rings is 1. The van der Waals surface area contributed by atoms with Gasteiger partial charge in [-0.25, -0.2) is 4.98 Å². The van der Waals surface area contributed by atoms with E-state index < -0.39 is 0 Å². The number of hydrogen-bond donors (Lipinski definition) is 1. The summed E-state index contributed by atoms with van der Waals surface area (Å²) >= 11 is 1.51. The van der Waals surface area contributed by atoms with E-state index in [4.69, 9.17) is 0 Å². The fourth-order valence-electron chi connectivity index (χ4n) is 2.68. The van der Waals surface area contributed by atoms with Crippen molar-refractivity contribution in [2.24, 2.45) is 0 Å². The highest BCUT2D eigenvalue weighted by molar-refractivity contribution is 7.99. The Bertz CT molecular complexity index is 571. The first kappa shape index (κ1) is 14.6. The Kier molecular flexibility index (Phi) is 4.93. The van der Waals surface area contributed by atoms with E-state index in [1.165, 1.54) is 31.0 Å².